The molecule has 0 bridgehead atoms. The second kappa shape index (κ2) is 6.44. The maximum absolute atomic E-state index is 11.3. The molecule has 0 aliphatic rings. The second-order valence-corrected chi connectivity index (χ2v) is 8.05. The van der Waals surface area contributed by atoms with Crippen LogP contribution in [0.4, 0.5) is 0 Å². The average molecular weight is 257 g/mol. The highest BCUT2D eigenvalue weighted by atomic mass is 32.2. The van der Waals surface area contributed by atoms with E-state index in [1.807, 2.05) is 6.92 Å². The van der Waals surface area contributed by atoms with Crippen LogP contribution in [0.15, 0.2) is 0 Å². The highest BCUT2D eigenvalue weighted by molar-refractivity contribution is 7.94. The molecule has 15 heavy (non-hydrogen) atoms. The van der Waals surface area contributed by atoms with Gasteiger partial charge in [-0.2, -0.15) is 0 Å². The quantitative estimate of drug-likeness (QED) is 0.590. The van der Waals surface area contributed by atoms with E-state index in [1.165, 1.54) is 0 Å². The van der Waals surface area contributed by atoms with Crippen molar-refractivity contribution in [3.8, 4) is 0 Å². The van der Waals surface area contributed by atoms with E-state index in [9.17, 15) is 16.8 Å². The Morgan fingerprint density at radius 1 is 1.00 bits per heavy atom. The van der Waals surface area contributed by atoms with E-state index in [0.29, 0.717) is 13.0 Å². The van der Waals surface area contributed by atoms with Gasteiger partial charge in [-0.1, -0.05) is 6.92 Å². The van der Waals surface area contributed by atoms with E-state index in [0.717, 1.165) is 12.8 Å². The van der Waals surface area contributed by atoms with Crippen LogP contribution in [-0.2, 0) is 19.7 Å². The largest absolute Gasteiger partial charge is 0.317 e. The third-order valence-electron chi connectivity index (χ3n) is 1.82. The van der Waals surface area contributed by atoms with Gasteiger partial charge in [-0.3, -0.25) is 0 Å². The van der Waals surface area contributed by atoms with Gasteiger partial charge in [0.2, 0.25) is 0 Å². The molecule has 0 aromatic carbocycles. The van der Waals surface area contributed by atoms with Gasteiger partial charge in [-0.05, 0) is 19.5 Å². The Bertz CT molecular complexity index is 358. The molecule has 0 atom stereocenters. The van der Waals surface area contributed by atoms with Crippen LogP contribution >= 0.6 is 0 Å². The lowest BCUT2D eigenvalue weighted by Gasteiger charge is -2.03. The molecular formula is C8H19NO4S2. The molecule has 0 aliphatic heterocycles. The first-order valence-electron chi connectivity index (χ1n) is 4.86. The standard InChI is InChI=1S/C8H19NO4S2/c1-3-9-5-4-6-15(12,13)8-7-14(2,10)11/h9H,3-8H2,1-2H3. The maximum Gasteiger partial charge on any atom is 0.151 e. The number of hydrogen-bond acceptors (Lipinski definition) is 5. The summed E-state index contributed by atoms with van der Waals surface area (Å²) in [5.41, 5.74) is 0. The minimum absolute atomic E-state index is 0.0511. The van der Waals surface area contributed by atoms with E-state index >= 15 is 0 Å². The molecule has 0 aromatic rings. The summed E-state index contributed by atoms with van der Waals surface area (Å²) < 4.78 is 44.3. The monoisotopic (exact) mass is 257 g/mol. The number of hydrogen-bond donors (Lipinski definition) is 1. The maximum atomic E-state index is 11.3. The van der Waals surface area contributed by atoms with E-state index in [2.05, 4.69) is 5.32 Å². The Hall–Kier alpha value is -0.140. The van der Waals surface area contributed by atoms with E-state index in [-0.39, 0.29) is 17.3 Å². The van der Waals surface area contributed by atoms with Crippen LogP contribution in [0.5, 0.6) is 0 Å². The van der Waals surface area contributed by atoms with Gasteiger partial charge >= 0.3 is 0 Å². The van der Waals surface area contributed by atoms with Gasteiger partial charge in [0, 0.05) is 6.26 Å². The zero-order valence-electron chi connectivity index (χ0n) is 9.19. The predicted molar refractivity (Wildman–Crippen MR) is 61.5 cm³/mol. The average Bonchev–Trinajstić information content (AvgIpc) is 2.09. The molecule has 0 radical (unpaired) electrons. The van der Waals surface area contributed by atoms with E-state index in [4.69, 9.17) is 0 Å². The van der Waals surface area contributed by atoms with Gasteiger partial charge in [0.05, 0.1) is 17.3 Å². The summed E-state index contributed by atoms with van der Waals surface area (Å²) in [6.07, 6.45) is 1.57. The molecule has 5 nitrogen and oxygen atoms in total. The number of sulfone groups is 2. The summed E-state index contributed by atoms with van der Waals surface area (Å²) in [7, 11) is -6.40. The van der Waals surface area contributed by atoms with Crippen molar-refractivity contribution >= 4 is 19.7 Å². The molecule has 0 spiro atoms. The lowest BCUT2D eigenvalue weighted by atomic mass is 10.5. The molecule has 0 aromatic heterocycles. The minimum atomic E-state index is -3.21. The SMILES string of the molecule is CCNCCCS(=O)(=O)CCS(C)(=O)=O. The van der Waals surface area contributed by atoms with Crippen molar-refractivity contribution in [2.24, 2.45) is 0 Å². The van der Waals surface area contributed by atoms with Crippen molar-refractivity contribution in [1.29, 1.82) is 0 Å². The van der Waals surface area contributed by atoms with Gasteiger partial charge in [0.1, 0.15) is 9.84 Å². The zero-order chi connectivity index (χ0) is 11.9. The van der Waals surface area contributed by atoms with Crippen molar-refractivity contribution in [2.45, 2.75) is 13.3 Å². The summed E-state index contributed by atoms with van der Waals surface area (Å²) in [5, 5.41) is 3.01. The molecule has 0 amide bonds. The van der Waals surface area contributed by atoms with Crippen molar-refractivity contribution in [2.75, 3.05) is 36.6 Å². The molecule has 0 saturated carbocycles. The summed E-state index contributed by atoms with van der Waals surface area (Å²) >= 11 is 0. The van der Waals surface area contributed by atoms with Crippen LogP contribution in [0.25, 0.3) is 0 Å². The Balaban J connectivity index is 3.88. The topological polar surface area (TPSA) is 80.3 Å². The fraction of sp³-hybridized carbons (Fsp3) is 1.00. The lowest BCUT2D eigenvalue weighted by molar-refractivity contribution is 0.586. The predicted octanol–water partition coefficient (Wildman–Crippen LogP) is -0.555. The summed E-state index contributed by atoms with van der Waals surface area (Å²) in [4.78, 5) is 0. The zero-order valence-corrected chi connectivity index (χ0v) is 10.8. The number of rotatable bonds is 8. The molecule has 92 valence electrons. The first kappa shape index (κ1) is 14.9. The van der Waals surface area contributed by atoms with E-state index < -0.39 is 19.7 Å². The molecule has 0 heterocycles. The summed E-state index contributed by atoms with van der Waals surface area (Å²) in [6, 6.07) is 0. The number of nitrogens with one attached hydrogen (secondary N) is 1. The van der Waals surface area contributed by atoms with Gasteiger partial charge in [-0.15, -0.1) is 0 Å². The van der Waals surface area contributed by atoms with Crippen LogP contribution in [-0.4, -0.2) is 53.4 Å². The molecule has 1 N–H and O–H groups in total. The summed E-state index contributed by atoms with van der Waals surface area (Å²) in [5.74, 6) is -0.496. The fourth-order valence-electron chi connectivity index (χ4n) is 0.974. The Morgan fingerprint density at radius 2 is 1.60 bits per heavy atom. The molecular weight excluding hydrogens is 238 g/mol. The molecule has 0 aliphatic carbocycles. The second-order valence-electron chi connectivity index (χ2n) is 3.49. The first-order valence-corrected chi connectivity index (χ1v) is 8.74. The molecule has 7 heteroatoms. The van der Waals surface area contributed by atoms with Crippen LogP contribution in [0.2, 0.25) is 0 Å². The van der Waals surface area contributed by atoms with Crippen molar-refractivity contribution in [3.05, 3.63) is 0 Å². The Morgan fingerprint density at radius 3 is 2.07 bits per heavy atom. The molecule has 0 saturated heterocycles. The molecule has 0 rings (SSSR count). The van der Waals surface area contributed by atoms with Gasteiger partial charge in [-0.25, -0.2) is 16.8 Å². The van der Waals surface area contributed by atoms with Crippen LogP contribution in [0, 0.1) is 0 Å². The Labute approximate surface area is 92.1 Å². The third-order valence-corrected chi connectivity index (χ3v) is 4.76. The van der Waals surface area contributed by atoms with Crippen LogP contribution < -0.4 is 5.32 Å². The van der Waals surface area contributed by atoms with E-state index in [1.54, 1.807) is 0 Å². The van der Waals surface area contributed by atoms with Crippen molar-refractivity contribution < 1.29 is 16.8 Å². The summed E-state index contributed by atoms with van der Waals surface area (Å²) in [6.45, 7) is 3.40. The highest BCUT2D eigenvalue weighted by Crippen LogP contribution is 1.96. The highest BCUT2D eigenvalue weighted by Gasteiger charge is 2.13. The van der Waals surface area contributed by atoms with Gasteiger partial charge < -0.3 is 5.32 Å². The van der Waals surface area contributed by atoms with Crippen LogP contribution in [0.1, 0.15) is 13.3 Å². The molecule has 0 unspecified atom stereocenters. The molecule has 0 fully saturated rings. The van der Waals surface area contributed by atoms with Crippen molar-refractivity contribution in [1.82, 2.24) is 5.32 Å². The smallest absolute Gasteiger partial charge is 0.151 e. The normalized spacial score (nSPS) is 12.9. The van der Waals surface area contributed by atoms with Gasteiger partial charge in [0.15, 0.2) is 9.84 Å². The first-order chi connectivity index (χ1) is 6.77. The Kier molecular flexibility index (Phi) is 6.38. The van der Waals surface area contributed by atoms with Crippen molar-refractivity contribution in [3.63, 3.8) is 0 Å². The minimum Gasteiger partial charge on any atom is -0.317 e. The third kappa shape index (κ3) is 10.1. The van der Waals surface area contributed by atoms with Gasteiger partial charge in [0.25, 0.3) is 0 Å². The lowest BCUT2D eigenvalue weighted by Crippen LogP contribution is -2.22. The fourth-order valence-corrected chi connectivity index (χ4v) is 3.99. The van der Waals surface area contributed by atoms with Crippen LogP contribution in [0.3, 0.4) is 0 Å².